The van der Waals surface area contributed by atoms with Crippen molar-refractivity contribution >= 4 is 45.3 Å². The molecule has 0 spiro atoms. The third kappa shape index (κ3) is 3.78. The van der Waals surface area contributed by atoms with Crippen molar-refractivity contribution in [2.75, 3.05) is 13.2 Å². The van der Waals surface area contributed by atoms with E-state index in [1.807, 2.05) is 50.2 Å². The van der Waals surface area contributed by atoms with Gasteiger partial charge >= 0.3 is 5.69 Å². The first-order chi connectivity index (χ1) is 11.7. The predicted molar refractivity (Wildman–Crippen MR) is 102 cm³/mol. The highest BCUT2D eigenvalue weighted by molar-refractivity contribution is 8.97. The highest BCUT2D eigenvalue weighted by atomic mass is 33.3. The summed E-state index contributed by atoms with van der Waals surface area (Å²) in [6.45, 7) is 5.10. The molecule has 0 aliphatic rings. The van der Waals surface area contributed by atoms with E-state index in [0.717, 1.165) is 10.9 Å². The van der Waals surface area contributed by atoms with Crippen molar-refractivity contribution in [2.24, 2.45) is 0 Å². The van der Waals surface area contributed by atoms with E-state index < -0.39 is 7.58 Å². The van der Waals surface area contributed by atoms with E-state index in [-0.39, 0.29) is 5.69 Å². The Morgan fingerprint density at radius 3 is 2.62 bits per heavy atom. The van der Waals surface area contributed by atoms with Gasteiger partial charge in [-0.15, -0.1) is 5.10 Å². The standard InChI is InChI=1S/C15H18N3O3PS2/c1-3-20-22(21-4-2)24-23-11-17-15(19)18-13-8-6-5-7-12(13)9-10-14(18)16-17/h5-10H,3-4,11H2,1-2H3. The molecule has 2 heterocycles. The Balaban J connectivity index is 1.79. The largest absolute Gasteiger partial charge is 0.351 e. The predicted octanol–water partition coefficient (Wildman–Crippen LogP) is 4.29. The number of benzene rings is 1. The second kappa shape index (κ2) is 8.36. The molecule has 0 aliphatic carbocycles. The van der Waals surface area contributed by atoms with Crippen molar-refractivity contribution in [3.05, 3.63) is 46.9 Å². The fourth-order valence-electron chi connectivity index (χ4n) is 2.25. The lowest BCUT2D eigenvalue weighted by molar-refractivity contribution is 0.283. The van der Waals surface area contributed by atoms with Gasteiger partial charge in [0, 0.05) is 0 Å². The van der Waals surface area contributed by atoms with E-state index in [0.29, 0.717) is 24.7 Å². The monoisotopic (exact) mass is 383 g/mol. The van der Waals surface area contributed by atoms with E-state index in [9.17, 15) is 4.79 Å². The lowest BCUT2D eigenvalue weighted by Gasteiger charge is -2.13. The summed E-state index contributed by atoms with van der Waals surface area (Å²) < 4.78 is 14.2. The Bertz CT molecular complexity index is 877. The Hall–Kier alpha value is -1.05. The lowest BCUT2D eigenvalue weighted by atomic mass is 10.2. The second-order valence-electron chi connectivity index (χ2n) is 4.75. The summed E-state index contributed by atoms with van der Waals surface area (Å²) >= 11 is 0. The highest BCUT2D eigenvalue weighted by Gasteiger charge is 2.13. The fraction of sp³-hybridized carbons (Fsp3) is 0.333. The summed E-state index contributed by atoms with van der Waals surface area (Å²) in [5, 5.41) is 5.43. The van der Waals surface area contributed by atoms with E-state index in [1.54, 1.807) is 4.40 Å². The van der Waals surface area contributed by atoms with Gasteiger partial charge in [-0.2, -0.15) is 0 Å². The van der Waals surface area contributed by atoms with Crippen molar-refractivity contribution < 1.29 is 9.05 Å². The van der Waals surface area contributed by atoms with Crippen LogP contribution in [-0.2, 0) is 14.9 Å². The number of hydrogen-bond donors (Lipinski definition) is 0. The molecular weight excluding hydrogens is 365 g/mol. The molecule has 0 N–H and O–H groups in total. The van der Waals surface area contributed by atoms with Crippen molar-refractivity contribution in [3.8, 4) is 0 Å². The minimum Gasteiger partial charge on any atom is -0.326 e. The molecule has 2 aromatic heterocycles. The Labute approximate surface area is 148 Å². The molecule has 1 aromatic carbocycles. The molecule has 0 radical (unpaired) electrons. The number of fused-ring (bicyclic) bond motifs is 3. The molecule has 128 valence electrons. The van der Waals surface area contributed by atoms with Crippen LogP contribution in [0.1, 0.15) is 13.8 Å². The smallest absolute Gasteiger partial charge is 0.326 e. The van der Waals surface area contributed by atoms with Gasteiger partial charge in [-0.1, -0.05) is 29.0 Å². The maximum atomic E-state index is 12.7. The zero-order valence-corrected chi connectivity index (χ0v) is 15.9. The van der Waals surface area contributed by atoms with E-state index >= 15 is 0 Å². The van der Waals surface area contributed by atoms with Crippen molar-refractivity contribution in [1.29, 1.82) is 0 Å². The molecule has 0 bridgehead atoms. The summed E-state index contributed by atoms with van der Waals surface area (Å²) in [7, 11) is 2.04. The molecule has 0 atom stereocenters. The molecule has 0 aliphatic heterocycles. The van der Waals surface area contributed by atoms with Crippen LogP contribution in [-0.4, -0.2) is 27.4 Å². The number of hydrogen-bond acceptors (Lipinski definition) is 6. The topological polar surface area (TPSA) is 57.8 Å². The van der Waals surface area contributed by atoms with Crippen LogP contribution in [0.5, 0.6) is 0 Å². The van der Waals surface area contributed by atoms with Crippen LogP contribution in [0.25, 0.3) is 16.6 Å². The Morgan fingerprint density at radius 1 is 1.12 bits per heavy atom. The average molecular weight is 383 g/mol. The number of para-hydroxylation sites is 1. The van der Waals surface area contributed by atoms with Gasteiger partial charge in [-0.05, 0) is 47.8 Å². The highest BCUT2D eigenvalue weighted by Crippen LogP contribution is 2.57. The van der Waals surface area contributed by atoms with E-state index in [2.05, 4.69) is 5.10 Å². The molecule has 0 saturated heterocycles. The van der Waals surface area contributed by atoms with Crippen molar-refractivity contribution in [2.45, 2.75) is 19.7 Å². The van der Waals surface area contributed by atoms with Gasteiger partial charge in [-0.3, -0.25) is 0 Å². The van der Waals surface area contributed by atoms with Gasteiger partial charge in [0.15, 0.2) is 5.65 Å². The molecule has 6 nitrogen and oxygen atoms in total. The number of aromatic nitrogens is 3. The van der Waals surface area contributed by atoms with Crippen LogP contribution in [0.3, 0.4) is 0 Å². The van der Waals surface area contributed by atoms with Gasteiger partial charge in [0.1, 0.15) is 5.88 Å². The molecule has 0 unspecified atom stereocenters. The SMILES string of the molecule is CCOP(OCC)SSCn1nc2ccc3ccccc3n2c1=O. The summed E-state index contributed by atoms with van der Waals surface area (Å²) in [5.74, 6) is 0.443. The normalized spacial score (nSPS) is 11.8. The second-order valence-corrected chi connectivity index (χ2v) is 9.75. The minimum atomic E-state index is -0.989. The summed E-state index contributed by atoms with van der Waals surface area (Å²) in [6.07, 6.45) is 0. The number of rotatable bonds is 8. The Kier molecular flexibility index (Phi) is 6.19. The molecule has 0 saturated carbocycles. The van der Waals surface area contributed by atoms with Crippen LogP contribution >= 0.6 is 28.8 Å². The van der Waals surface area contributed by atoms with E-state index in [4.69, 9.17) is 9.05 Å². The third-order valence-electron chi connectivity index (χ3n) is 3.21. The fourth-order valence-corrected chi connectivity index (χ4v) is 6.79. The van der Waals surface area contributed by atoms with Crippen LogP contribution in [0.4, 0.5) is 0 Å². The third-order valence-corrected chi connectivity index (χ3v) is 8.40. The number of nitrogens with zero attached hydrogens (tertiary/aromatic N) is 3. The van der Waals surface area contributed by atoms with Gasteiger partial charge in [0.05, 0.1) is 18.7 Å². The molecule has 9 heteroatoms. The maximum absolute atomic E-state index is 12.7. The summed E-state index contributed by atoms with van der Waals surface area (Å²) in [4.78, 5) is 12.7. The van der Waals surface area contributed by atoms with Gasteiger partial charge in [0.25, 0.3) is 0 Å². The molecule has 3 aromatic rings. The molecular formula is C15H18N3O3PS2. The van der Waals surface area contributed by atoms with Crippen molar-refractivity contribution in [3.63, 3.8) is 0 Å². The van der Waals surface area contributed by atoms with Crippen LogP contribution in [0, 0.1) is 0 Å². The Morgan fingerprint density at radius 2 is 1.88 bits per heavy atom. The molecule has 24 heavy (non-hydrogen) atoms. The first-order valence-corrected chi connectivity index (χ1v) is 11.7. The first-order valence-electron chi connectivity index (χ1n) is 7.57. The average Bonchev–Trinajstić information content (AvgIpc) is 2.92. The van der Waals surface area contributed by atoms with Gasteiger partial charge in [-0.25, -0.2) is 13.9 Å². The quantitative estimate of drug-likeness (QED) is 0.427. The van der Waals surface area contributed by atoms with Crippen LogP contribution in [0.2, 0.25) is 0 Å². The lowest BCUT2D eigenvalue weighted by Crippen LogP contribution is -2.20. The molecule has 3 rings (SSSR count). The van der Waals surface area contributed by atoms with E-state index in [1.165, 1.54) is 25.9 Å². The van der Waals surface area contributed by atoms with Crippen LogP contribution in [0.15, 0.2) is 41.2 Å². The maximum Gasteiger partial charge on any atom is 0.351 e. The summed E-state index contributed by atoms with van der Waals surface area (Å²) in [6, 6.07) is 11.6. The molecule has 0 amide bonds. The zero-order valence-electron chi connectivity index (χ0n) is 13.4. The first kappa shape index (κ1) is 17.8. The van der Waals surface area contributed by atoms with Gasteiger partial charge in [0.2, 0.25) is 7.58 Å². The van der Waals surface area contributed by atoms with Crippen LogP contribution < -0.4 is 5.69 Å². The minimum absolute atomic E-state index is 0.132. The number of pyridine rings is 1. The zero-order chi connectivity index (χ0) is 16.9. The molecule has 0 fully saturated rings. The summed E-state index contributed by atoms with van der Waals surface area (Å²) in [5.41, 5.74) is 1.39. The van der Waals surface area contributed by atoms with Crippen molar-refractivity contribution in [1.82, 2.24) is 14.2 Å². The van der Waals surface area contributed by atoms with Gasteiger partial charge < -0.3 is 9.05 Å².